The first-order valence-electron chi connectivity index (χ1n) is 9.88. The number of anilines is 1. The fraction of sp³-hybridized carbons (Fsp3) is 0.227. The molecule has 2 aromatic carbocycles. The molecule has 1 amide bonds. The van der Waals surface area contributed by atoms with E-state index < -0.39 is 17.2 Å². The van der Waals surface area contributed by atoms with E-state index in [-0.39, 0.29) is 30.3 Å². The van der Waals surface area contributed by atoms with Gasteiger partial charge >= 0.3 is 5.97 Å². The molecule has 0 aliphatic carbocycles. The monoisotopic (exact) mass is 418 g/mol. The number of carbonyl (C=O) groups excluding carboxylic acids is 1. The van der Waals surface area contributed by atoms with Crippen LogP contribution in [-0.4, -0.2) is 38.4 Å². The first-order chi connectivity index (χ1) is 15.0. The van der Waals surface area contributed by atoms with Gasteiger partial charge in [-0.15, -0.1) is 0 Å². The van der Waals surface area contributed by atoms with Crippen LogP contribution in [0.3, 0.4) is 0 Å². The topological polar surface area (TPSA) is 115 Å². The Morgan fingerprint density at radius 2 is 1.90 bits per heavy atom. The molecule has 9 nitrogen and oxygen atoms in total. The summed E-state index contributed by atoms with van der Waals surface area (Å²) in [6.07, 6.45) is 0.0645. The van der Waals surface area contributed by atoms with Gasteiger partial charge in [-0.25, -0.2) is 9.48 Å². The van der Waals surface area contributed by atoms with Crippen LogP contribution in [0.15, 0.2) is 53.3 Å². The maximum atomic E-state index is 12.9. The lowest BCUT2D eigenvalue weighted by molar-refractivity contribution is -0.148. The number of fused-ring (bicyclic) bond motifs is 6. The SMILES string of the molecule is CCOc1ccc(-c2nn3c(nc2=O)-c2ccccc2N2C(=O)CCC23C(=O)O)cc1. The second kappa shape index (κ2) is 6.76. The zero-order valence-corrected chi connectivity index (χ0v) is 16.6. The summed E-state index contributed by atoms with van der Waals surface area (Å²) in [5, 5.41) is 14.7. The molecule has 1 unspecified atom stereocenters. The molecule has 156 valence electrons. The van der Waals surface area contributed by atoms with Gasteiger partial charge in [-0.2, -0.15) is 10.1 Å². The van der Waals surface area contributed by atoms with Gasteiger partial charge in [-0.05, 0) is 43.3 Å². The molecule has 3 heterocycles. The number of benzene rings is 2. The predicted molar refractivity (Wildman–Crippen MR) is 111 cm³/mol. The fourth-order valence-electron chi connectivity index (χ4n) is 4.27. The number of carbonyl (C=O) groups is 2. The third-order valence-corrected chi connectivity index (χ3v) is 5.63. The van der Waals surface area contributed by atoms with E-state index in [4.69, 9.17) is 4.74 Å². The Bertz CT molecular complexity index is 1280. The van der Waals surface area contributed by atoms with Crippen molar-refractivity contribution in [2.24, 2.45) is 0 Å². The molecule has 1 saturated heterocycles. The minimum Gasteiger partial charge on any atom is -0.494 e. The van der Waals surface area contributed by atoms with Crippen LogP contribution in [0.1, 0.15) is 19.8 Å². The summed E-state index contributed by atoms with van der Waals surface area (Å²) < 4.78 is 6.65. The third-order valence-electron chi connectivity index (χ3n) is 5.63. The van der Waals surface area contributed by atoms with Crippen molar-refractivity contribution >= 4 is 17.6 Å². The first kappa shape index (κ1) is 19.0. The Morgan fingerprint density at radius 3 is 2.61 bits per heavy atom. The zero-order valence-electron chi connectivity index (χ0n) is 16.6. The summed E-state index contributed by atoms with van der Waals surface area (Å²) in [7, 11) is 0. The second-order valence-corrected chi connectivity index (χ2v) is 7.33. The van der Waals surface area contributed by atoms with Crippen LogP contribution in [0, 0.1) is 0 Å². The van der Waals surface area contributed by atoms with Crippen molar-refractivity contribution < 1.29 is 19.4 Å². The number of hydrogen-bond donors (Lipinski definition) is 1. The fourth-order valence-corrected chi connectivity index (χ4v) is 4.27. The van der Waals surface area contributed by atoms with Gasteiger partial charge in [0, 0.05) is 24.0 Å². The summed E-state index contributed by atoms with van der Waals surface area (Å²) in [6.45, 7) is 2.37. The van der Waals surface area contributed by atoms with Gasteiger partial charge in [0.25, 0.3) is 5.56 Å². The second-order valence-electron chi connectivity index (χ2n) is 7.33. The Hall–Kier alpha value is -4.01. The normalized spacial score (nSPS) is 18.9. The molecule has 0 saturated carbocycles. The number of para-hydroxylation sites is 1. The molecule has 1 N–H and O–H groups in total. The van der Waals surface area contributed by atoms with Crippen molar-refractivity contribution in [1.82, 2.24) is 14.8 Å². The van der Waals surface area contributed by atoms with E-state index in [1.807, 2.05) is 6.92 Å². The van der Waals surface area contributed by atoms with E-state index in [0.717, 1.165) is 0 Å². The Labute approximate surface area is 176 Å². The average Bonchev–Trinajstić information content (AvgIpc) is 3.13. The number of nitrogens with zero attached hydrogens (tertiary/aromatic N) is 4. The highest BCUT2D eigenvalue weighted by Gasteiger charge is 2.58. The van der Waals surface area contributed by atoms with Gasteiger partial charge in [0.15, 0.2) is 11.5 Å². The lowest BCUT2D eigenvalue weighted by Gasteiger charge is -2.41. The molecule has 0 radical (unpaired) electrons. The summed E-state index contributed by atoms with van der Waals surface area (Å²) >= 11 is 0. The molecule has 1 fully saturated rings. The number of amides is 1. The summed E-state index contributed by atoms with van der Waals surface area (Å²) in [4.78, 5) is 43.7. The molecule has 5 rings (SSSR count). The molecule has 1 atom stereocenters. The molecule has 9 heteroatoms. The largest absolute Gasteiger partial charge is 0.494 e. The minimum absolute atomic E-state index is 0.00565. The number of ether oxygens (including phenoxy) is 1. The highest BCUT2D eigenvalue weighted by Crippen LogP contribution is 2.47. The smallest absolute Gasteiger partial charge is 0.353 e. The van der Waals surface area contributed by atoms with Crippen molar-refractivity contribution in [2.45, 2.75) is 25.4 Å². The third kappa shape index (κ3) is 2.59. The van der Waals surface area contributed by atoms with Crippen molar-refractivity contribution in [1.29, 1.82) is 0 Å². The predicted octanol–water partition coefficient (Wildman–Crippen LogP) is 2.25. The van der Waals surface area contributed by atoms with Crippen molar-refractivity contribution in [3.05, 3.63) is 58.9 Å². The summed E-state index contributed by atoms with van der Waals surface area (Å²) in [6, 6.07) is 13.6. The van der Waals surface area contributed by atoms with E-state index >= 15 is 0 Å². The van der Waals surface area contributed by atoms with Gasteiger partial charge in [-0.3, -0.25) is 14.5 Å². The van der Waals surface area contributed by atoms with Gasteiger partial charge < -0.3 is 9.84 Å². The van der Waals surface area contributed by atoms with Gasteiger partial charge in [0.05, 0.1) is 12.3 Å². The number of carboxylic acids is 1. The summed E-state index contributed by atoms with van der Waals surface area (Å²) in [5.74, 6) is -0.780. The highest BCUT2D eigenvalue weighted by atomic mass is 16.5. The van der Waals surface area contributed by atoms with E-state index in [1.165, 1.54) is 9.58 Å². The first-order valence-corrected chi connectivity index (χ1v) is 9.88. The average molecular weight is 418 g/mol. The lowest BCUT2D eigenvalue weighted by atomic mass is 10.00. The lowest BCUT2D eigenvalue weighted by Crippen LogP contribution is -2.58. The van der Waals surface area contributed by atoms with Gasteiger partial charge in [0.1, 0.15) is 5.75 Å². The minimum atomic E-state index is -1.78. The molecule has 2 aliphatic heterocycles. The molecule has 2 aliphatic rings. The van der Waals surface area contributed by atoms with Crippen LogP contribution >= 0.6 is 0 Å². The van der Waals surface area contributed by atoms with E-state index in [1.54, 1.807) is 48.5 Å². The quantitative estimate of drug-likeness (QED) is 0.691. The Kier molecular flexibility index (Phi) is 4.14. The molecule has 0 spiro atoms. The van der Waals surface area contributed by atoms with Crippen LogP contribution in [-0.2, 0) is 15.3 Å². The molecule has 31 heavy (non-hydrogen) atoms. The summed E-state index contributed by atoms with van der Waals surface area (Å²) in [5.41, 5.74) is -0.977. The number of aromatic nitrogens is 3. The number of carboxylic acid groups (broad SMARTS) is 1. The number of rotatable bonds is 4. The maximum Gasteiger partial charge on any atom is 0.353 e. The maximum absolute atomic E-state index is 12.9. The molecular weight excluding hydrogens is 400 g/mol. The van der Waals surface area contributed by atoms with E-state index in [9.17, 15) is 19.5 Å². The van der Waals surface area contributed by atoms with E-state index in [0.29, 0.717) is 29.2 Å². The standard InChI is InChI=1S/C22H18N4O5/c1-2-31-14-9-7-13(8-10-14)18-20(28)23-19-15-5-3-4-6-16(15)25-17(27)11-12-22(25,21(29)30)26(19)24-18/h3-10H,2,11-12H2,1H3,(H,29,30). The molecular formula is C22H18N4O5. The number of aliphatic carboxylic acids is 1. The van der Waals surface area contributed by atoms with Gasteiger partial charge in [-0.1, -0.05) is 12.1 Å². The van der Waals surface area contributed by atoms with Crippen LogP contribution in [0.5, 0.6) is 5.75 Å². The zero-order chi connectivity index (χ0) is 21.8. The molecule has 3 aromatic rings. The molecule has 1 aromatic heterocycles. The van der Waals surface area contributed by atoms with Crippen molar-refractivity contribution in [3.63, 3.8) is 0 Å². The Balaban J connectivity index is 1.78. The van der Waals surface area contributed by atoms with Crippen molar-refractivity contribution in [3.8, 4) is 28.4 Å². The number of hydrogen-bond acceptors (Lipinski definition) is 6. The Morgan fingerprint density at radius 1 is 1.16 bits per heavy atom. The molecule has 0 bridgehead atoms. The van der Waals surface area contributed by atoms with Crippen molar-refractivity contribution in [2.75, 3.05) is 11.5 Å². The van der Waals surface area contributed by atoms with Crippen LogP contribution in [0.2, 0.25) is 0 Å². The van der Waals surface area contributed by atoms with Crippen LogP contribution in [0.25, 0.3) is 22.6 Å². The van der Waals surface area contributed by atoms with Crippen LogP contribution < -0.4 is 15.2 Å². The highest BCUT2D eigenvalue weighted by molar-refractivity contribution is 6.07. The van der Waals surface area contributed by atoms with E-state index in [2.05, 4.69) is 10.1 Å². The van der Waals surface area contributed by atoms with Gasteiger partial charge in [0.2, 0.25) is 11.6 Å². The van der Waals surface area contributed by atoms with Crippen LogP contribution in [0.4, 0.5) is 5.69 Å².